The molecule has 0 radical (unpaired) electrons. The second-order valence-electron chi connectivity index (χ2n) is 9.21. The molecule has 3 nitrogen and oxygen atoms in total. The monoisotopic (exact) mass is 484 g/mol. The van der Waals surface area contributed by atoms with Gasteiger partial charge < -0.3 is 9.47 Å². The Morgan fingerprint density at radius 1 is 0.833 bits per heavy atom. The van der Waals surface area contributed by atoms with Crippen molar-refractivity contribution in [1.29, 1.82) is 0 Å². The minimum Gasteiger partial charge on any atom is -0.493 e. The largest absolute Gasteiger partial charge is 0.493 e. The summed E-state index contributed by atoms with van der Waals surface area (Å²) < 4.78 is 11.3. The van der Waals surface area contributed by atoms with E-state index in [9.17, 15) is 4.79 Å². The zero-order valence-electron chi connectivity index (χ0n) is 21.8. The molecule has 1 atom stereocenters. The third kappa shape index (κ3) is 9.37. The smallest absolute Gasteiger partial charge is 0.338 e. The van der Waals surface area contributed by atoms with Gasteiger partial charge in [-0.3, -0.25) is 0 Å². The van der Waals surface area contributed by atoms with Crippen molar-refractivity contribution in [1.82, 2.24) is 0 Å². The van der Waals surface area contributed by atoms with Crippen LogP contribution in [-0.2, 0) is 17.6 Å². The van der Waals surface area contributed by atoms with Crippen LogP contribution >= 0.6 is 0 Å². The van der Waals surface area contributed by atoms with E-state index in [1.54, 1.807) is 0 Å². The van der Waals surface area contributed by atoms with Crippen LogP contribution in [0.2, 0.25) is 0 Å². The number of carbonyl (C=O) groups is 1. The molecule has 0 aliphatic heterocycles. The third-order valence-electron chi connectivity index (χ3n) is 6.30. The van der Waals surface area contributed by atoms with Crippen molar-refractivity contribution in [3.05, 3.63) is 107 Å². The Bertz CT molecular complexity index is 1050. The van der Waals surface area contributed by atoms with Crippen LogP contribution in [0, 0.1) is 5.92 Å². The van der Waals surface area contributed by atoms with Crippen molar-refractivity contribution in [2.45, 2.75) is 58.8 Å². The maximum absolute atomic E-state index is 11.9. The third-order valence-corrected chi connectivity index (χ3v) is 6.30. The van der Waals surface area contributed by atoms with Gasteiger partial charge in [-0.1, -0.05) is 86.2 Å². The summed E-state index contributed by atoms with van der Waals surface area (Å²) in [6.07, 6.45) is 12.2. The van der Waals surface area contributed by atoms with Gasteiger partial charge in [0.1, 0.15) is 5.75 Å². The Morgan fingerprint density at radius 2 is 1.58 bits per heavy atom. The zero-order chi connectivity index (χ0) is 25.4. The molecule has 3 aromatic rings. The standard InChI is InChI=1S/C33H40O3/c1-3-13-28(26-29-20-23-31(24-21-29)33(34)35-4-2)19-22-30-17-10-11-18-32(30)36-25-12-6-9-16-27-14-7-5-8-15-27/h5,7-8,10-11,14-15,17-24,28H,3-4,6,9,12-13,16,25-26H2,1-2H3/b22-19+. The number of carbonyl (C=O) groups excluding carboxylic acids is 1. The fourth-order valence-electron chi connectivity index (χ4n) is 4.36. The molecule has 0 aliphatic rings. The van der Waals surface area contributed by atoms with Crippen LogP contribution in [0.15, 0.2) is 84.9 Å². The van der Waals surface area contributed by atoms with Gasteiger partial charge in [0.2, 0.25) is 0 Å². The summed E-state index contributed by atoms with van der Waals surface area (Å²) >= 11 is 0. The van der Waals surface area contributed by atoms with Gasteiger partial charge in [0.05, 0.1) is 18.8 Å². The van der Waals surface area contributed by atoms with E-state index in [1.807, 2.05) is 37.3 Å². The number of para-hydroxylation sites is 1. The van der Waals surface area contributed by atoms with Gasteiger partial charge in [-0.15, -0.1) is 0 Å². The molecule has 3 aromatic carbocycles. The first-order valence-electron chi connectivity index (χ1n) is 13.4. The molecule has 0 bridgehead atoms. The number of esters is 1. The summed E-state index contributed by atoms with van der Waals surface area (Å²) in [5.74, 6) is 1.11. The maximum atomic E-state index is 11.9. The zero-order valence-corrected chi connectivity index (χ0v) is 21.8. The molecule has 0 heterocycles. The van der Waals surface area contributed by atoms with Crippen LogP contribution in [0.5, 0.6) is 5.75 Å². The number of rotatable bonds is 15. The number of hydrogen-bond acceptors (Lipinski definition) is 3. The lowest BCUT2D eigenvalue weighted by Gasteiger charge is -2.13. The van der Waals surface area contributed by atoms with Gasteiger partial charge in [-0.05, 0) is 80.7 Å². The van der Waals surface area contributed by atoms with E-state index in [1.165, 1.54) is 24.0 Å². The van der Waals surface area contributed by atoms with Crippen LogP contribution in [-0.4, -0.2) is 19.2 Å². The SMILES string of the molecule is CCCC(/C=C/c1ccccc1OCCCCCc1ccccc1)Cc1ccc(C(=O)OCC)cc1. The van der Waals surface area contributed by atoms with Crippen molar-refractivity contribution in [2.75, 3.05) is 13.2 Å². The van der Waals surface area contributed by atoms with Crippen molar-refractivity contribution < 1.29 is 14.3 Å². The highest BCUT2D eigenvalue weighted by atomic mass is 16.5. The van der Waals surface area contributed by atoms with Crippen LogP contribution in [0.1, 0.15) is 73.0 Å². The molecular weight excluding hydrogens is 444 g/mol. The predicted octanol–water partition coefficient (Wildman–Crippen LogP) is 8.33. The van der Waals surface area contributed by atoms with E-state index < -0.39 is 0 Å². The lowest BCUT2D eigenvalue weighted by Crippen LogP contribution is -2.05. The quantitative estimate of drug-likeness (QED) is 0.161. The van der Waals surface area contributed by atoms with Crippen molar-refractivity contribution >= 4 is 12.0 Å². The van der Waals surface area contributed by atoms with Gasteiger partial charge in [-0.2, -0.15) is 0 Å². The van der Waals surface area contributed by atoms with Crippen molar-refractivity contribution in [2.24, 2.45) is 5.92 Å². The molecule has 0 saturated heterocycles. The normalized spacial score (nSPS) is 11.9. The predicted molar refractivity (Wildman–Crippen MR) is 149 cm³/mol. The number of allylic oxidation sites excluding steroid dienone is 1. The van der Waals surface area contributed by atoms with E-state index >= 15 is 0 Å². The molecule has 3 heteroatoms. The number of ether oxygens (including phenoxy) is 2. The van der Waals surface area contributed by atoms with Crippen molar-refractivity contribution in [3.63, 3.8) is 0 Å². The van der Waals surface area contributed by atoms with E-state index in [4.69, 9.17) is 9.47 Å². The summed E-state index contributed by atoms with van der Waals surface area (Å²) in [5.41, 5.74) is 4.37. The molecule has 1 unspecified atom stereocenters. The Labute approximate surface area is 217 Å². The molecule has 3 rings (SSSR count). The molecule has 0 aliphatic carbocycles. The van der Waals surface area contributed by atoms with Gasteiger partial charge >= 0.3 is 5.97 Å². The highest BCUT2D eigenvalue weighted by Crippen LogP contribution is 2.23. The van der Waals surface area contributed by atoms with Crippen LogP contribution in [0.4, 0.5) is 0 Å². The molecule has 0 amide bonds. The lowest BCUT2D eigenvalue weighted by molar-refractivity contribution is 0.0526. The fraction of sp³-hybridized carbons (Fsp3) is 0.364. The fourth-order valence-corrected chi connectivity index (χ4v) is 4.36. The number of hydrogen-bond donors (Lipinski definition) is 0. The van der Waals surface area contributed by atoms with Gasteiger partial charge in [0.25, 0.3) is 0 Å². The molecule has 0 aromatic heterocycles. The molecule has 0 N–H and O–H groups in total. The highest BCUT2D eigenvalue weighted by Gasteiger charge is 2.09. The van der Waals surface area contributed by atoms with Gasteiger partial charge in [-0.25, -0.2) is 4.79 Å². The Morgan fingerprint density at radius 3 is 2.33 bits per heavy atom. The first kappa shape index (κ1) is 27.3. The maximum Gasteiger partial charge on any atom is 0.338 e. The molecule has 36 heavy (non-hydrogen) atoms. The average Bonchev–Trinajstić information content (AvgIpc) is 2.91. The molecule has 0 fully saturated rings. The molecule has 0 spiro atoms. The first-order valence-corrected chi connectivity index (χ1v) is 13.4. The Balaban J connectivity index is 1.51. The summed E-state index contributed by atoms with van der Waals surface area (Å²) in [4.78, 5) is 11.9. The summed E-state index contributed by atoms with van der Waals surface area (Å²) in [5, 5.41) is 0. The van der Waals surface area contributed by atoms with Crippen molar-refractivity contribution in [3.8, 4) is 5.75 Å². The second-order valence-corrected chi connectivity index (χ2v) is 9.21. The lowest BCUT2D eigenvalue weighted by atomic mass is 9.93. The van der Waals surface area contributed by atoms with Crippen LogP contribution in [0.3, 0.4) is 0 Å². The Hall–Kier alpha value is -3.33. The summed E-state index contributed by atoms with van der Waals surface area (Å²) in [6, 6.07) is 26.8. The minimum atomic E-state index is -0.262. The van der Waals surface area contributed by atoms with E-state index in [0.717, 1.165) is 50.0 Å². The first-order chi connectivity index (χ1) is 17.7. The van der Waals surface area contributed by atoms with E-state index in [0.29, 0.717) is 18.1 Å². The number of unbranched alkanes of at least 4 members (excludes halogenated alkanes) is 2. The molecular formula is C33H40O3. The molecule has 0 saturated carbocycles. The van der Waals surface area contributed by atoms with E-state index in [-0.39, 0.29) is 5.97 Å². The van der Waals surface area contributed by atoms with Gasteiger partial charge in [0.15, 0.2) is 0 Å². The number of aryl methyl sites for hydroxylation is 1. The number of benzene rings is 3. The topological polar surface area (TPSA) is 35.5 Å². The minimum absolute atomic E-state index is 0.262. The Kier molecular flexibility index (Phi) is 11.8. The summed E-state index contributed by atoms with van der Waals surface area (Å²) in [6.45, 7) is 5.18. The molecule has 190 valence electrons. The van der Waals surface area contributed by atoms with E-state index in [2.05, 4.69) is 67.6 Å². The summed E-state index contributed by atoms with van der Waals surface area (Å²) in [7, 11) is 0. The average molecular weight is 485 g/mol. The van der Waals surface area contributed by atoms with Crippen LogP contribution < -0.4 is 4.74 Å². The van der Waals surface area contributed by atoms with Gasteiger partial charge in [0, 0.05) is 5.56 Å². The van der Waals surface area contributed by atoms with Crippen LogP contribution in [0.25, 0.3) is 6.08 Å². The second kappa shape index (κ2) is 15.6. The highest BCUT2D eigenvalue weighted by molar-refractivity contribution is 5.89.